The van der Waals surface area contributed by atoms with Crippen molar-refractivity contribution in [3.8, 4) is 5.75 Å². The summed E-state index contributed by atoms with van der Waals surface area (Å²) in [5.41, 5.74) is 1.14. The van der Waals surface area contributed by atoms with Gasteiger partial charge >= 0.3 is 5.97 Å². The van der Waals surface area contributed by atoms with E-state index in [1.54, 1.807) is 24.3 Å². The number of amides is 1. The summed E-state index contributed by atoms with van der Waals surface area (Å²) in [5, 5.41) is 5.75. The molecule has 2 aromatic rings. The molecule has 2 rings (SSSR count). The highest BCUT2D eigenvalue weighted by molar-refractivity contribution is 7.80. The van der Waals surface area contributed by atoms with Gasteiger partial charge in [-0.15, -0.1) is 0 Å². The third-order valence-corrected chi connectivity index (χ3v) is 3.83. The Morgan fingerprint density at radius 2 is 1.71 bits per heavy atom. The van der Waals surface area contributed by atoms with E-state index in [2.05, 4.69) is 10.6 Å². The molecule has 0 unspecified atom stereocenters. The van der Waals surface area contributed by atoms with Crippen LogP contribution >= 0.6 is 12.2 Å². The first-order valence-electron chi connectivity index (χ1n) is 9.14. The van der Waals surface area contributed by atoms with E-state index in [9.17, 15) is 9.59 Å². The second-order valence-electron chi connectivity index (χ2n) is 5.98. The Bertz CT molecular complexity index is 779. The van der Waals surface area contributed by atoms with Crippen LogP contribution in [0.4, 0.5) is 5.69 Å². The number of anilines is 1. The van der Waals surface area contributed by atoms with E-state index >= 15 is 0 Å². The van der Waals surface area contributed by atoms with E-state index in [1.165, 1.54) is 0 Å². The summed E-state index contributed by atoms with van der Waals surface area (Å²) in [6.45, 7) is 2.78. The molecular formula is C21H24N2O4S. The van der Waals surface area contributed by atoms with Crippen molar-refractivity contribution in [1.29, 1.82) is 0 Å². The Balaban J connectivity index is 1.68. The molecule has 2 aromatic carbocycles. The molecule has 0 saturated carbocycles. The molecule has 0 bridgehead atoms. The normalized spacial score (nSPS) is 10.0. The van der Waals surface area contributed by atoms with Crippen LogP contribution in [0.2, 0.25) is 0 Å². The van der Waals surface area contributed by atoms with Crippen molar-refractivity contribution in [3.63, 3.8) is 0 Å². The second kappa shape index (κ2) is 11.7. The van der Waals surface area contributed by atoms with Gasteiger partial charge in [0, 0.05) is 12.1 Å². The van der Waals surface area contributed by atoms with Gasteiger partial charge in [0.1, 0.15) is 5.75 Å². The molecule has 0 heterocycles. The fourth-order valence-corrected chi connectivity index (χ4v) is 2.49. The van der Waals surface area contributed by atoms with E-state index in [-0.39, 0.29) is 17.0 Å². The third kappa shape index (κ3) is 7.75. The second-order valence-corrected chi connectivity index (χ2v) is 6.39. The van der Waals surface area contributed by atoms with Crippen LogP contribution in [0.3, 0.4) is 0 Å². The summed E-state index contributed by atoms with van der Waals surface area (Å²) < 4.78 is 10.6. The zero-order valence-corrected chi connectivity index (χ0v) is 16.6. The molecule has 1 amide bonds. The van der Waals surface area contributed by atoms with Gasteiger partial charge in [0.25, 0.3) is 0 Å². The molecule has 0 atom stereocenters. The zero-order chi connectivity index (χ0) is 20.2. The number of thiocarbonyl (C=S) groups is 1. The fourth-order valence-electron chi connectivity index (χ4n) is 2.26. The lowest BCUT2D eigenvalue weighted by atomic mass is 10.2. The number of benzene rings is 2. The molecular weight excluding hydrogens is 376 g/mol. The lowest BCUT2D eigenvalue weighted by Gasteiger charge is -2.10. The molecule has 0 aliphatic heterocycles. The number of ether oxygens (including phenoxy) is 2. The van der Waals surface area contributed by atoms with Gasteiger partial charge in [-0.2, -0.15) is 0 Å². The maximum Gasteiger partial charge on any atom is 0.338 e. The van der Waals surface area contributed by atoms with Gasteiger partial charge in [-0.25, -0.2) is 4.79 Å². The van der Waals surface area contributed by atoms with Crippen LogP contribution in [0, 0.1) is 0 Å². The Labute approximate surface area is 170 Å². The molecule has 0 fully saturated rings. The number of nitrogens with one attached hydrogen (secondary N) is 2. The number of para-hydroxylation sites is 1. The highest BCUT2D eigenvalue weighted by Gasteiger charge is 2.08. The first-order chi connectivity index (χ1) is 13.6. The minimum atomic E-state index is -0.359. The smallest absolute Gasteiger partial charge is 0.338 e. The van der Waals surface area contributed by atoms with E-state index in [4.69, 9.17) is 21.7 Å². The summed E-state index contributed by atoms with van der Waals surface area (Å²) in [5.74, 6) is 0.234. The molecule has 7 heteroatoms. The van der Waals surface area contributed by atoms with Crippen LogP contribution in [0.25, 0.3) is 0 Å². The van der Waals surface area contributed by atoms with E-state index in [0.717, 1.165) is 12.2 Å². The molecule has 148 valence electrons. The van der Waals surface area contributed by atoms with Crippen LogP contribution < -0.4 is 15.4 Å². The quantitative estimate of drug-likeness (QED) is 0.377. The number of carbonyl (C=O) groups is 2. The minimum Gasteiger partial charge on any atom is -0.494 e. The molecule has 6 nitrogen and oxygen atoms in total. The molecule has 0 saturated heterocycles. The Morgan fingerprint density at radius 3 is 2.39 bits per heavy atom. The van der Waals surface area contributed by atoms with Crippen molar-refractivity contribution in [1.82, 2.24) is 5.32 Å². The Hall–Kier alpha value is -2.93. The Morgan fingerprint density at radius 1 is 1.00 bits per heavy atom. The molecule has 2 N–H and O–H groups in total. The summed E-state index contributed by atoms with van der Waals surface area (Å²) in [7, 11) is 0. The minimum absolute atomic E-state index is 0.186. The number of carbonyl (C=O) groups excluding carboxylic acids is 2. The summed E-state index contributed by atoms with van der Waals surface area (Å²) in [4.78, 5) is 23.7. The van der Waals surface area contributed by atoms with Crippen molar-refractivity contribution >= 4 is 34.9 Å². The predicted molar refractivity (Wildman–Crippen MR) is 113 cm³/mol. The zero-order valence-electron chi connectivity index (χ0n) is 15.8. The highest BCUT2D eigenvalue weighted by atomic mass is 32.1. The number of hydrogen-bond acceptors (Lipinski definition) is 5. The van der Waals surface area contributed by atoms with Crippen LogP contribution in [0.1, 0.15) is 36.5 Å². The highest BCUT2D eigenvalue weighted by Crippen LogP contribution is 2.11. The van der Waals surface area contributed by atoms with Gasteiger partial charge in [0.2, 0.25) is 5.91 Å². The lowest BCUT2D eigenvalue weighted by molar-refractivity contribution is -0.119. The molecule has 0 radical (unpaired) electrons. The molecule has 0 aromatic heterocycles. The van der Waals surface area contributed by atoms with Crippen molar-refractivity contribution < 1.29 is 19.1 Å². The van der Waals surface area contributed by atoms with E-state index in [0.29, 0.717) is 37.3 Å². The van der Waals surface area contributed by atoms with Gasteiger partial charge in [-0.3, -0.25) is 4.79 Å². The lowest BCUT2D eigenvalue weighted by Crippen LogP contribution is -2.34. The van der Waals surface area contributed by atoms with Crippen molar-refractivity contribution in [2.45, 2.75) is 26.2 Å². The van der Waals surface area contributed by atoms with Crippen molar-refractivity contribution in [2.75, 3.05) is 18.5 Å². The number of esters is 1. The standard InChI is InChI=1S/C21H24N2O4S/c1-2-14-27-20(25)16-10-12-17(13-11-16)22-21(28)23-19(24)9-6-15-26-18-7-4-3-5-8-18/h3-5,7-8,10-13H,2,6,9,14-15H2,1H3,(H2,22,23,24,28). The molecule has 0 spiro atoms. The largest absolute Gasteiger partial charge is 0.494 e. The maximum atomic E-state index is 11.9. The van der Waals surface area contributed by atoms with Gasteiger partial charge in [0.15, 0.2) is 5.11 Å². The SMILES string of the molecule is CCCOC(=O)c1ccc(NC(=S)NC(=O)CCCOc2ccccc2)cc1. The average molecular weight is 401 g/mol. The number of hydrogen-bond donors (Lipinski definition) is 2. The van der Waals surface area contributed by atoms with Crippen LogP contribution in [-0.2, 0) is 9.53 Å². The third-order valence-electron chi connectivity index (χ3n) is 3.63. The average Bonchev–Trinajstić information content (AvgIpc) is 2.70. The summed E-state index contributed by atoms with van der Waals surface area (Å²) in [6, 6.07) is 16.1. The first kappa shape index (κ1) is 21.4. The topological polar surface area (TPSA) is 76.7 Å². The van der Waals surface area contributed by atoms with Gasteiger partial charge in [-0.1, -0.05) is 25.1 Å². The van der Waals surface area contributed by atoms with Crippen LogP contribution in [-0.4, -0.2) is 30.2 Å². The summed E-state index contributed by atoms with van der Waals surface area (Å²) >= 11 is 5.14. The van der Waals surface area contributed by atoms with Gasteiger partial charge in [-0.05, 0) is 61.5 Å². The van der Waals surface area contributed by atoms with Crippen LogP contribution in [0.5, 0.6) is 5.75 Å². The number of rotatable bonds is 9. The van der Waals surface area contributed by atoms with Crippen molar-refractivity contribution in [2.24, 2.45) is 0 Å². The summed E-state index contributed by atoms with van der Waals surface area (Å²) in [6.07, 6.45) is 1.66. The predicted octanol–water partition coefficient (Wildman–Crippen LogP) is 3.93. The monoisotopic (exact) mass is 400 g/mol. The molecule has 0 aliphatic carbocycles. The van der Waals surface area contributed by atoms with Crippen LogP contribution in [0.15, 0.2) is 54.6 Å². The molecule has 28 heavy (non-hydrogen) atoms. The van der Waals surface area contributed by atoms with Gasteiger partial charge < -0.3 is 20.1 Å². The van der Waals surface area contributed by atoms with Crippen molar-refractivity contribution in [3.05, 3.63) is 60.2 Å². The maximum absolute atomic E-state index is 11.9. The first-order valence-corrected chi connectivity index (χ1v) is 9.55. The Kier molecular flexibility index (Phi) is 8.94. The van der Waals surface area contributed by atoms with E-state index < -0.39 is 0 Å². The fraction of sp³-hybridized carbons (Fsp3) is 0.286. The van der Waals surface area contributed by atoms with E-state index in [1.807, 2.05) is 37.3 Å². The molecule has 0 aliphatic rings. The van der Waals surface area contributed by atoms with Gasteiger partial charge in [0.05, 0.1) is 18.8 Å².